The molecule has 17 heavy (non-hydrogen) atoms. The van der Waals surface area contributed by atoms with Crippen molar-refractivity contribution in [3.05, 3.63) is 0 Å². The van der Waals surface area contributed by atoms with Crippen molar-refractivity contribution in [3.8, 4) is 0 Å². The van der Waals surface area contributed by atoms with E-state index in [0.717, 1.165) is 14.5 Å². The van der Waals surface area contributed by atoms with Gasteiger partial charge in [-0.3, -0.25) is 0 Å². The second kappa shape index (κ2) is 22900. The molecule has 0 aromatic rings. The lowest BCUT2D eigenvalue weighted by Crippen LogP contribution is -0.941. The fourth-order valence-corrected chi connectivity index (χ4v) is 0. The maximum Gasteiger partial charge on any atom is 0.319 e. The third kappa shape index (κ3) is 20000. The summed E-state index contributed by atoms with van der Waals surface area (Å²) in [6.45, 7) is 0. The molecule has 0 radical (unpaired) electrons. The van der Waals surface area contributed by atoms with Crippen LogP contribution in [0, 0.1) is 0 Å². The Hall–Kier alpha value is 0.412. The Balaban J connectivity index is -0.0000000000476. The topological polar surface area (TPSA) is 472 Å². The molecule has 0 unspecified atom stereocenters. The van der Waals surface area contributed by atoms with E-state index in [-0.39, 0.29) is 82.1 Å². The maximum absolute atomic E-state index is 3.08. The third-order valence-electron chi connectivity index (χ3n) is 0. The molecule has 0 amide bonds. The van der Waals surface area contributed by atoms with E-state index in [4.69, 9.17) is 0 Å². The Morgan fingerprint density at radius 1 is 0.235 bits per heavy atom. The molecule has 0 aliphatic rings. The van der Waals surface area contributed by atoms with Crippen LogP contribution < -0.4 is 0 Å². The summed E-state index contributed by atoms with van der Waals surface area (Å²) in [5, 5.41) is 0. The number of halogens is 1. The van der Waals surface area contributed by atoms with Crippen molar-refractivity contribution >= 4 is 28.5 Å². The molecule has 0 bridgehead atoms. The molecule has 0 fully saturated rings. The zero-order valence-corrected chi connectivity index (χ0v) is 12.5. The standard InChI is InChI=1S/Al.BrH.15H2O.2H/h;1H;15*1H2;;/q+1;;;;;;;;;;;;;;;;;;/p-1. The molecule has 0 heterocycles. The number of hydrogen-bond donors (Lipinski definition) is 0. The molecule has 0 aliphatic heterocycles. The molecular weight excluding hydrogens is 347 g/mol. The van der Waals surface area contributed by atoms with Crippen molar-refractivity contribution in [2.45, 2.75) is 0 Å². The molecule has 0 spiro atoms. The lowest BCUT2D eigenvalue weighted by molar-refractivity contribution is 0.823. The van der Waals surface area contributed by atoms with E-state index in [2.05, 4.69) is 14.1 Å². The average molecular weight is 379 g/mol. The van der Waals surface area contributed by atoms with Gasteiger partial charge in [-0.2, -0.15) is 0 Å². The molecule has 0 saturated carbocycles. The molecule has 0 aromatic heterocycles. The van der Waals surface area contributed by atoms with Crippen molar-refractivity contribution < 1.29 is 82.1 Å². The highest BCUT2D eigenvalue weighted by Gasteiger charge is 1.08. The first-order chi connectivity index (χ1) is 1.00. The highest BCUT2D eigenvalue weighted by atomic mass is 79.9. The van der Waals surface area contributed by atoms with Crippen molar-refractivity contribution in [3.63, 3.8) is 0 Å². The van der Waals surface area contributed by atoms with Gasteiger partial charge in [0, 0.05) is 0 Å². The summed E-state index contributed by atoms with van der Waals surface area (Å²) in [6, 6.07) is 0. The first-order valence-corrected chi connectivity index (χ1v) is 5.89. The van der Waals surface area contributed by atoms with Gasteiger partial charge < -0.3 is 82.1 Å². The van der Waals surface area contributed by atoms with Gasteiger partial charge in [0.05, 0.1) is 0 Å². The predicted molar refractivity (Wildman–Crippen MR) is 71.7 cm³/mol. The van der Waals surface area contributed by atoms with E-state index in [1.165, 1.54) is 0 Å². The Morgan fingerprint density at radius 2 is 0.235 bits per heavy atom. The fraction of sp³-hybridized carbons (Fsp3) is 0. The van der Waals surface area contributed by atoms with E-state index < -0.39 is 0 Å². The molecule has 15 nitrogen and oxygen atoms in total. The van der Waals surface area contributed by atoms with Gasteiger partial charge in [0.25, 0.3) is 0 Å². The quantitative estimate of drug-likeness (QED) is 0.353. The molecule has 0 aliphatic carbocycles. The molecule has 0 aromatic carbocycles. The summed E-state index contributed by atoms with van der Waals surface area (Å²) in [7, 11) is 0. The van der Waals surface area contributed by atoms with Crippen LogP contribution in [0.3, 0.4) is 0 Å². The first kappa shape index (κ1) is 2350. The third-order valence-corrected chi connectivity index (χ3v) is 0. The Bertz CT molecular complexity index is 10.9. The largest absolute Gasteiger partial charge is 0.412 e. The summed E-state index contributed by atoms with van der Waals surface area (Å²) in [5.74, 6) is 0. The molecule has 0 atom stereocenters. The smallest absolute Gasteiger partial charge is 0.319 e. The fourth-order valence-electron chi connectivity index (χ4n) is 0. The summed E-state index contributed by atoms with van der Waals surface area (Å²) in [5.41, 5.74) is 0. The normalized spacial score (nSPS) is 0.294. The molecule has 30 N–H and O–H groups in total. The van der Waals surface area contributed by atoms with Crippen LogP contribution in [0.1, 0.15) is 0 Å². The van der Waals surface area contributed by atoms with Crippen molar-refractivity contribution in [1.82, 2.24) is 0 Å². The summed E-state index contributed by atoms with van der Waals surface area (Å²) >= 11 is 4.19. The lowest BCUT2D eigenvalue weighted by Gasteiger charge is -0.992. The Labute approximate surface area is 111 Å². The van der Waals surface area contributed by atoms with Gasteiger partial charge in [-0.15, -0.1) is 0 Å². The van der Waals surface area contributed by atoms with Gasteiger partial charge in [-0.1, -0.05) is 0 Å². The van der Waals surface area contributed by atoms with Crippen LogP contribution in [0.15, 0.2) is 0 Å². The zero-order chi connectivity index (χ0) is 2.00. The highest BCUT2D eigenvalue weighted by molar-refractivity contribution is 9.22. The molecule has 132 valence electrons. The van der Waals surface area contributed by atoms with Crippen LogP contribution in [0.2, 0.25) is 0 Å². The SMILES string of the molecule is O.O.O.O.O.O.O.O.O.O.O.O.O.O.O.[AlH2][Br]. The minimum atomic E-state index is 0. The molecule has 0 saturated heterocycles. The van der Waals surface area contributed by atoms with Gasteiger partial charge in [-0.25, -0.2) is 14.1 Å². The van der Waals surface area contributed by atoms with Gasteiger partial charge in [0.15, 0.2) is 0 Å². The first-order valence-electron chi connectivity index (χ1n) is 0.378. The Kier molecular flexibility index (Phi) is 3170000. The van der Waals surface area contributed by atoms with Crippen LogP contribution in [-0.4, -0.2) is 96.6 Å². The number of hydrogen-bond acceptors (Lipinski definition) is 0. The van der Waals surface area contributed by atoms with E-state index in [9.17, 15) is 0 Å². The van der Waals surface area contributed by atoms with Crippen molar-refractivity contribution in [2.24, 2.45) is 0 Å². The Morgan fingerprint density at radius 3 is 0.235 bits per heavy atom. The second-order valence-electron chi connectivity index (χ2n) is 0. The second-order valence-corrected chi connectivity index (χ2v) is 0. The van der Waals surface area contributed by atoms with E-state index in [0.29, 0.717) is 0 Å². The predicted octanol–water partition coefficient (Wildman–Crippen LogP) is -12.4. The van der Waals surface area contributed by atoms with Crippen LogP contribution in [-0.2, 0) is 0 Å². The zero-order valence-electron chi connectivity index (χ0n) is 8.88. The minimum absolute atomic E-state index is 0. The van der Waals surface area contributed by atoms with Crippen LogP contribution in [0.4, 0.5) is 0 Å². The van der Waals surface area contributed by atoms with E-state index >= 15 is 0 Å². The summed E-state index contributed by atoms with van der Waals surface area (Å²) in [4.78, 5) is 0. The van der Waals surface area contributed by atoms with E-state index in [1.807, 2.05) is 0 Å². The van der Waals surface area contributed by atoms with Crippen molar-refractivity contribution in [1.29, 1.82) is 0 Å². The summed E-state index contributed by atoms with van der Waals surface area (Å²) < 4.78 is 0. The average Bonchev–Trinajstić information content (AvgIpc) is 1.00. The van der Waals surface area contributed by atoms with Gasteiger partial charge >= 0.3 is 14.5 Å². The molecular formula is H32AlBrO15. The van der Waals surface area contributed by atoms with Crippen LogP contribution in [0.25, 0.3) is 0 Å². The van der Waals surface area contributed by atoms with Crippen LogP contribution >= 0.6 is 14.1 Å². The summed E-state index contributed by atoms with van der Waals surface area (Å²) in [6.07, 6.45) is 0. The monoisotopic (exact) mass is 378 g/mol. The lowest BCUT2D eigenvalue weighted by atomic mass is 16.0. The van der Waals surface area contributed by atoms with Gasteiger partial charge in [-0.05, 0) is 0 Å². The molecule has 0 rings (SSSR count). The molecule has 17 heteroatoms. The van der Waals surface area contributed by atoms with Gasteiger partial charge in [0.1, 0.15) is 0 Å². The van der Waals surface area contributed by atoms with Gasteiger partial charge in [0.2, 0.25) is 0 Å². The number of rotatable bonds is 0. The maximum atomic E-state index is 3.08. The van der Waals surface area contributed by atoms with Crippen LogP contribution in [0.5, 0.6) is 0 Å². The highest BCUT2D eigenvalue weighted by Crippen LogP contribution is 1.41. The van der Waals surface area contributed by atoms with E-state index in [1.54, 1.807) is 0 Å². The van der Waals surface area contributed by atoms with Crippen molar-refractivity contribution in [2.75, 3.05) is 0 Å². The minimum Gasteiger partial charge on any atom is -0.412 e.